The van der Waals surface area contributed by atoms with Crippen molar-refractivity contribution in [2.45, 2.75) is 30.2 Å². The molecule has 0 N–H and O–H groups in total. The van der Waals surface area contributed by atoms with Crippen molar-refractivity contribution < 1.29 is 22.7 Å². The maximum atomic E-state index is 13.3. The molecule has 0 unspecified atom stereocenters. The monoisotopic (exact) mass is 474 g/mol. The first-order valence-corrected chi connectivity index (χ1v) is 13.2. The maximum Gasteiger partial charge on any atom is 0.254 e. The molecule has 2 aromatic rings. The van der Waals surface area contributed by atoms with Crippen LogP contribution in [0.4, 0.5) is 0 Å². The molecule has 0 aromatic heterocycles. The third-order valence-corrected chi connectivity index (χ3v) is 7.33. The smallest absolute Gasteiger partial charge is 0.254 e. The van der Waals surface area contributed by atoms with Gasteiger partial charge in [0.15, 0.2) is 9.84 Å². The summed E-state index contributed by atoms with van der Waals surface area (Å²) in [5.74, 6) is 0.787. The fraction of sp³-hybridized carbons (Fsp3) is 0.480. The molecule has 0 bridgehead atoms. The van der Waals surface area contributed by atoms with Crippen molar-refractivity contribution in [1.82, 2.24) is 9.80 Å². The van der Waals surface area contributed by atoms with Crippen LogP contribution in [-0.2, 0) is 21.0 Å². The summed E-state index contributed by atoms with van der Waals surface area (Å²) in [4.78, 5) is 17.8. The van der Waals surface area contributed by atoms with Gasteiger partial charge in [0, 0.05) is 51.1 Å². The highest BCUT2D eigenvalue weighted by Gasteiger charge is 2.28. The molecule has 1 saturated heterocycles. The lowest BCUT2D eigenvalue weighted by Crippen LogP contribution is -2.48. The summed E-state index contributed by atoms with van der Waals surface area (Å²) in [6, 6.07) is 14.5. The van der Waals surface area contributed by atoms with Gasteiger partial charge < -0.3 is 19.3 Å². The van der Waals surface area contributed by atoms with E-state index in [1.165, 1.54) is 17.7 Å². The Morgan fingerprint density at radius 2 is 1.67 bits per heavy atom. The minimum atomic E-state index is -3.29. The molecular weight excluding hydrogens is 440 g/mol. The average Bonchev–Trinajstić information content (AvgIpc) is 2.83. The second-order valence-corrected chi connectivity index (χ2v) is 10.5. The molecule has 1 amide bonds. The molecule has 33 heavy (non-hydrogen) atoms. The summed E-state index contributed by atoms with van der Waals surface area (Å²) in [5, 5.41) is 0. The maximum absolute atomic E-state index is 13.3. The first-order valence-electron chi connectivity index (χ1n) is 11.3. The fourth-order valence-electron chi connectivity index (χ4n) is 4.18. The Kier molecular flexibility index (Phi) is 8.88. The van der Waals surface area contributed by atoms with Crippen LogP contribution in [0.25, 0.3) is 0 Å². The number of rotatable bonds is 10. The Morgan fingerprint density at radius 3 is 2.21 bits per heavy atom. The Labute approximate surface area is 197 Å². The zero-order chi connectivity index (χ0) is 23.8. The van der Waals surface area contributed by atoms with Crippen LogP contribution in [0.5, 0.6) is 5.75 Å². The Hall–Kier alpha value is -2.42. The number of nitrogens with zero attached hydrogens (tertiary/aromatic N) is 2. The predicted octanol–water partition coefficient (Wildman–Crippen LogP) is 2.89. The van der Waals surface area contributed by atoms with E-state index >= 15 is 0 Å². The minimum Gasteiger partial charge on any atom is -0.497 e. The van der Waals surface area contributed by atoms with E-state index in [-0.39, 0.29) is 16.8 Å². The van der Waals surface area contributed by atoms with Gasteiger partial charge in [0.05, 0.1) is 18.6 Å². The largest absolute Gasteiger partial charge is 0.497 e. The highest BCUT2D eigenvalue weighted by molar-refractivity contribution is 7.90. The Bertz CT molecular complexity index is 998. The van der Waals surface area contributed by atoms with E-state index < -0.39 is 9.84 Å². The van der Waals surface area contributed by atoms with Gasteiger partial charge in [-0.05, 0) is 61.2 Å². The van der Waals surface area contributed by atoms with Crippen molar-refractivity contribution >= 4 is 15.7 Å². The Morgan fingerprint density at radius 1 is 1.03 bits per heavy atom. The van der Waals surface area contributed by atoms with Crippen LogP contribution in [0.2, 0.25) is 0 Å². The lowest BCUT2D eigenvalue weighted by molar-refractivity contribution is 0.0486. The third kappa shape index (κ3) is 7.03. The fourth-order valence-corrected chi connectivity index (χ4v) is 4.81. The van der Waals surface area contributed by atoms with E-state index in [0.717, 1.165) is 50.9 Å². The predicted molar refractivity (Wildman–Crippen MR) is 129 cm³/mol. The van der Waals surface area contributed by atoms with Crippen molar-refractivity contribution in [3.63, 3.8) is 0 Å². The van der Waals surface area contributed by atoms with E-state index in [1.54, 1.807) is 26.4 Å². The standard InChI is InChI=1S/C25H34N2O5S/c1-31-19-18-27(25(28)21-6-10-24(11-7-21)33(3,29)30)22-13-16-26(17-14-22)15-12-20-4-8-23(32-2)9-5-20/h4-11,22H,12-19H2,1-3H3. The molecule has 1 aliphatic heterocycles. The topological polar surface area (TPSA) is 76.2 Å². The second kappa shape index (κ2) is 11.6. The highest BCUT2D eigenvalue weighted by atomic mass is 32.2. The zero-order valence-corrected chi connectivity index (χ0v) is 20.5. The molecule has 0 spiro atoms. The number of piperidine rings is 1. The molecule has 0 radical (unpaired) electrons. The number of carbonyl (C=O) groups is 1. The van der Waals surface area contributed by atoms with Gasteiger partial charge in [-0.2, -0.15) is 0 Å². The van der Waals surface area contributed by atoms with Gasteiger partial charge in [-0.25, -0.2) is 8.42 Å². The van der Waals surface area contributed by atoms with Gasteiger partial charge in [0.1, 0.15) is 5.75 Å². The molecule has 0 atom stereocenters. The number of sulfone groups is 1. The van der Waals surface area contributed by atoms with Crippen LogP contribution in [0, 0.1) is 0 Å². The van der Waals surface area contributed by atoms with Crippen molar-refractivity contribution in [2.75, 3.05) is 53.3 Å². The second-order valence-electron chi connectivity index (χ2n) is 8.46. The van der Waals surface area contributed by atoms with Crippen LogP contribution >= 0.6 is 0 Å². The van der Waals surface area contributed by atoms with E-state index in [4.69, 9.17) is 9.47 Å². The molecule has 1 heterocycles. The van der Waals surface area contributed by atoms with E-state index in [9.17, 15) is 13.2 Å². The van der Waals surface area contributed by atoms with Gasteiger partial charge in [-0.3, -0.25) is 4.79 Å². The normalized spacial score (nSPS) is 15.4. The molecule has 1 fully saturated rings. The number of benzene rings is 2. The van der Waals surface area contributed by atoms with Gasteiger partial charge in [-0.1, -0.05) is 12.1 Å². The first kappa shape index (κ1) is 25.2. The van der Waals surface area contributed by atoms with Crippen LogP contribution in [-0.4, -0.2) is 83.4 Å². The summed E-state index contributed by atoms with van der Waals surface area (Å²) >= 11 is 0. The summed E-state index contributed by atoms with van der Waals surface area (Å²) in [7, 11) is 0.00919. The summed E-state index contributed by atoms with van der Waals surface area (Å²) in [6.45, 7) is 3.83. The first-order chi connectivity index (χ1) is 15.8. The summed E-state index contributed by atoms with van der Waals surface area (Å²) in [6.07, 6.45) is 3.95. The molecule has 0 saturated carbocycles. The molecular formula is C25H34N2O5S. The number of carbonyl (C=O) groups excluding carboxylic acids is 1. The molecule has 7 nitrogen and oxygen atoms in total. The SMILES string of the molecule is COCCN(C(=O)c1ccc(S(C)(=O)=O)cc1)C1CCN(CCc2ccc(OC)cc2)CC1. The number of hydrogen-bond acceptors (Lipinski definition) is 6. The number of hydrogen-bond donors (Lipinski definition) is 0. The van der Waals surface area contributed by atoms with Crippen molar-refractivity contribution in [2.24, 2.45) is 0 Å². The molecule has 2 aromatic carbocycles. The number of likely N-dealkylation sites (tertiary alicyclic amines) is 1. The molecule has 0 aliphatic carbocycles. The lowest BCUT2D eigenvalue weighted by atomic mass is 10.0. The molecule has 180 valence electrons. The Balaban J connectivity index is 1.58. The van der Waals surface area contributed by atoms with Crippen molar-refractivity contribution in [1.29, 1.82) is 0 Å². The van der Waals surface area contributed by atoms with E-state index in [1.807, 2.05) is 17.0 Å². The van der Waals surface area contributed by atoms with E-state index in [0.29, 0.717) is 18.7 Å². The van der Waals surface area contributed by atoms with Gasteiger partial charge >= 0.3 is 0 Å². The van der Waals surface area contributed by atoms with Crippen LogP contribution in [0.1, 0.15) is 28.8 Å². The number of ether oxygens (including phenoxy) is 2. The lowest BCUT2D eigenvalue weighted by Gasteiger charge is -2.38. The molecule has 8 heteroatoms. The quantitative estimate of drug-likeness (QED) is 0.527. The van der Waals surface area contributed by atoms with Gasteiger partial charge in [-0.15, -0.1) is 0 Å². The van der Waals surface area contributed by atoms with Crippen LogP contribution in [0.15, 0.2) is 53.4 Å². The molecule has 3 rings (SSSR count). The van der Waals surface area contributed by atoms with E-state index in [2.05, 4.69) is 17.0 Å². The number of amides is 1. The van der Waals surface area contributed by atoms with Gasteiger partial charge in [0.2, 0.25) is 0 Å². The summed E-state index contributed by atoms with van der Waals surface area (Å²) in [5.41, 5.74) is 1.79. The van der Waals surface area contributed by atoms with Gasteiger partial charge in [0.25, 0.3) is 5.91 Å². The van der Waals surface area contributed by atoms with Crippen LogP contribution in [0.3, 0.4) is 0 Å². The van der Waals surface area contributed by atoms with Crippen molar-refractivity contribution in [3.05, 3.63) is 59.7 Å². The average molecular weight is 475 g/mol. The van der Waals surface area contributed by atoms with Crippen LogP contribution < -0.4 is 4.74 Å². The molecule has 1 aliphatic rings. The third-order valence-electron chi connectivity index (χ3n) is 6.20. The zero-order valence-electron chi connectivity index (χ0n) is 19.7. The van der Waals surface area contributed by atoms with Crippen molar-refractivity contribution in [3.8, 4) is 5.75 Å². The minimum absolute atomic E-state index is 0.0798. The number of methoxy groups -OCH3 is 2. The summed E-state index contributed by atoms with van der Waals surface area (Å²) < 4.78 is 33.9. The highest BCUT2D eigenvalue weighted by Crippen LogP contribution is 2.21.